The van der Waals surface area contributed by atoms with Gasteiger partial charge in [-0.25, -0.2) is 63.4 Å². The zero-order valence-electron chi connectivity index (χ0n) is 68.7. The maximum atomic E-state index is 14.8. The summed E-state index contributed by atoms with van der Waals surface area (Å²) in [4.78, 5) is 149. The van der Waals surface area contributed by atoms with Crippen LogP contribution >= 0.6 is 0 Å². The number of hydrogen-bond acceptors (Lipinski definition) is 26. The molecule has 8 bridgehead atoms. The monoisotopic (exact) mass is 1820 g/mol. The molecule has 8 aliphatic heterocycles. The maximum absolute atomic E-state index is 14.8. The van der Waals surface area contributed by atoms with Gasteiger partial charge in [0.2, 0.25) is 0 Å². The van der Waals surface area contributed by atoms with Gasteiger partial charge in [0, 0.05) is 133 Å². The number of carbonyl (C=O) groups excluding carboxylic acids is 8. The van der Waals surface area contributed by atoms with Gasteiger partial charge >= 0.3 is 48.8 Å². The molecule has 0 aliphatic carbocycles. The molecule has 6 atom stereocenters. The molecule has 4 saturated heterocycles. The standard InChI is InChI=1S/C23H25F4N5O5.2C20H20F3N5O3.C19H18F3N5O3/c1-12(23(25,26)27)6-18(35)20-16(24)8-17-21(30-20)32(13-3-5-31(17)9-13)22(36)29-19-7-15(2-4-28-19)37-11-14(34)10-33;1-31-15-10-13-18(26-17(15)14(29)5-7-20(21,22)23)28(12-6-9-27(13)11-12)19(30)25-16-4-2-3-8-24-16;1-31-15-10-13(14(29)5-7-20(21,22)23)25-18-17(15)27-9-6-12(11-27)28(18)19(30)26-16-4-2-3-8-24-16;20-19(21,22)6-4-13(28)16-14(29)9-12-17(25-16)27(11-5-8-26(12)10-11)18(30)24-15-3-1-2-7-23-15/h2,4,7-8,12-14,33-34H,3,5-6,9-11H2,1H3,(H,28,29,36);2-4,8,10,12H,5-7,9,11H2,1H3,(H,24,25,30);2-4,8,10,12H,5-7,9,11H2,1H3,(H,24,26,30);1-3,7,9,11,29H,4-6,8,10H2,(H,23,24,30)/t12-,13-,14+;2*12-;11-/m0000/s1. The number of Topliss-reactive ketones (excluding diaryl/α,β-unsaturated/α-hetero) is 4. The molecule has 129 heavy (non-hydrogen) atoms. The second-order valence-corrected chi connectivity index (χ2v) is 30.7. The number of aliphatic hydroxyl groups is 2. The summed E-state index contributed by atoms with van der Waals surface area (Å²) in [5.74, 6) is -4.92. The molecule has 7 N–H and O–H groups in total. The van der Waals surface area contributed by atoms with Crippen LogP contribution in [0.2, 0.25) is 0 Å². The highest BCUT2D eigenvalue weighted by Gasteiger charge is 2.48. The molecule has 0 spiro atoms. The van der Waals surface area contributed by atoms with Crippen molar-refractivity contribution < 1.29 is 125 Å². The summed E-state index contributed by atoms with van der Waals surface area (Å²) in [7, 11) is 2.73. The number of nitrogens with one attached hydrogen (secondary N) is 4. The van der Waals surface area contributed by atoms with Crippen LogP contribution in [0.5, 0.6) is 23.0 Å². The largest absolute Gasteiger partial charge is 0.505 e. The summed E-state index contributed by atoms with van der Waals surface area (Å²) in [6, 6.07) is 20.1. The molecule has 0 radical (unpaired) electrons. The fourth-order valence-corrected chi connectivity index (χ4v) is 15.5. The number of anilines is 12. The molecule has 4 fully saturated rings. The Morgan fingerprint density at radius 1 is 0.465 bits per heavy atom. The van der Waals surface area contributed by atoms with Crippen molar-refractivity contribution in [1.29, 1.82) is 0 Å². The van der Waals surface area contributed by atoms with Gasteiger partial charge in [0.25, 0.3) is 0 Å². The van der Waals surface area contributed by atoms with Gasteiger partial charge in [0.15, 0.2) is 63.6 Å². The fourth-order valence-electron chi connectivity index (χ4n) is 15.5. The minimum absolute atomic E-state index is 0.0332. The van der Waals surface area contributed by atoms with Crippen LogP contribution in [0.25, 0.3) is 0 Å². The van der Waals surface area contributed by atoms with Gasteiger partial charge in [0.1, 0.15) is 76.1 Å². The van der Waals surface area contributed by atoms with E-state index < -0.39 is 158 Å². The molecule has 8 aromatic rings. The van der Waals surface area contributed by atoms with Crippen LogP contribution in [0.1, 0.15) is 120 Å². The quantitative estimate of drug-likeness (QED) is 0.0245. The summed E-state index contributed by atoms with van der Waals surface area (Å²) in [5.41, 5.74) is 0.215. The van der Waals surface area contributed by atoms with Gasteiger partial charge < -0.3 is 49.1 Å². The molecular weight excluding hydrogens is 1740 g/mol. The highest BCUT2D eigenvalue weighted by molar-refractivity contribution is 6.10. The number of aliphatic hydroxyl groups excluding tert-OH is 2. The minimum atomic E-state index is -4.63. The Balaban J connectivity index is 0.000000147. The summed E-state index contributed by atoms with van der Waals surface area (Å²) >= 11 is 0. The first-order valence-corrected chi connectivity index (χ1v) is 40.3. The molecule has 0 saturated carbocycles. The Morgan fingerprint density at radius 3 is 1.31 bits per heavy atom. The zero-order valence-corrected chi connectivity index (χ0v) is 68.7. The average molecular weight is 1820 g/mol. The third-order valence-corrected chi connectivity index (χ3v) is 21.8. The number of rotatable bonds is 22. The van der Waals surface area contributed by atoms with Crippen LogP contribution in [0.3, 0.4) is 0 Å². The second-order valence-electron chi connectivity index (χ2n) is 30.7. The summed E-state index contributed by atoms with van der Waals surface area (Å²) < 4.78 is 183. The van der Waals surface area contributed by atoms with E-state index in [1.165, 1.54) is 82.9 Å². The number of urea groups is 4. The predicted octanol–water partition coefficient (Wildman–Crippen LogP) is 13.4. The summed E-state index contributed by atoms with van der Waals surface area (Å²) in [6.07, 6.45) is -17.8. The Hall–Kier alpha value is -13.6. The van der Waals surface area contributed by atoms with Crippen molar-refractivity contribution in [2.75, 3.05) is 140 Å². The normalized spacial score (nSPS) is 17.7. The van der Waals surface area contributed by atoms with E-state index in [2.05, 4.69) is 61.1 Å². The van der Waals surface area contributed by atoms with E-state index in [-0.39, 0.29) is 94.2 Å². The van der Waals surface area contributed by atoms with Gasteiger partial charge in [0.05, 0.1) is 87.2 Å². The number of halogens is 13. The molecule has 34 nitrogen and oxygen atoms in total. The fraction of sp³-hybridized carbons (Fsp3) is 0.415. The molecule has 16 heterocycles. The van der Waals surface area contributed by atoms with Crippen LogP contribution in [-0.4, -0.2) is 237 Å². The molecule has 8 amide bonds. The van der Waals surface area contributed by atoms with E-state index in [1.54, 1.807) is 65.6 Å². The van der Waals surface area contributed by atoms with E-state index in [0.717, 1.165) is 13.0 Å². The highest BCUT2D eigenvalue weighted by atomic mass is 19.4. The van der Waals surface area contributed by atoms with Gasteiger partial charge in [-0.05, 0) is 68.1 Å². The first kappa shape index (κ1) is 93.0. The summed E-state index contributed by atoms with van der Waals surface area (Å²) in [5, 5.41) is 39.3. The second kappa shape index (κ2) is 38.9. The van der Waals surface area contributed by atoms with Crippen LogP contribution in [-0.2, 0) is 0 Å². The Kier molecular flexibility index (Phi) is 28.1. The number of nitrogens with zero attached hydrogens (tertiary/aromatic N) is 16. The van der Waals surface area contributed by atoms with E-state index in [0.29, 0.717) is 113 Å². The first-order chi connectivity index (χ1) is 61.2. The third-order valence-electron chi connectivity index (χ3n) is 21.8. The lowest BCUT2D eigenvalue weighted by Crippen LogP contribution is -2.48. The number of fused-ring (bicyclic) bond motifs is 16. The predicted molar refractivity (Wildman–Crippen MR) is 439 cm³/mol. The number of carbonyl (C=O) groups is 8. The summed E-state index contributed by atoms with van der Waals surface area (Å²) in [6.45, 7) is 4.64. The Labute approximate surface area is 724 Å². The number of aromatic hydroxyl groups is 1. The van der Waals surface area contributed by atoms with Crippen molar-refractivity contribution in [3.8, 4) is 23.0 Å². The van der Waals surface area contributed by atoms with Gasteiger partial charge in [-0.1, -0.05) is 25.1 Å². The van der Waals surface area contributed by atoms with Crippen molar-refractivity contribution >= 4 is 117 Å². The average Bonchev–Trinajstić information content (AvgIpc) is 1.66. The Bertz CT molecular complexity index is 5490. The molecule has 16 rings (SSSR count). The van der Waals surface area contributed by atoms with E-state index >= 15 is 0 Å². The van der Waals surface area contributed by atoms with E-state index in [1.807, 2.05) is 14.7 Å². The van der Waals surface area contributed by atoms with Crippen LogP contribution in [0.15, 0.2) is 116 Å². The number of amides is 8. The first-order valence-electron chi connectivity index (χ1n) is 40.3. The van der Waals surface area contributed by atoms with Crippen molar-refractivity contribution in [2.24, 2.45) is 5.92 Å². The lowest BCUT2D eigenvalue weighted by atomic mass is 10.0. The van der Waals surface area contributed by atoms with Gasteiger partial charge in [-0.2, -0.15) is 52.7 Å². The minimum Gasteiger partial charge on any atom is -0.505 e. The Morgan fingerprint density at radius 2 is 0.868 bits per heavy atom. The number of aromatic nitrogens is 8. The smallest absolute Gasteiger partial charge is 0.391 e. The number of ketones is 4. The SMILES string of the molecule is COc1cc(C(=O)CCC(F)(F)F)nc2c1N1CC[C@@H](C1)N2C(=O)Nc1ccccn1.COc1cc2c(nc1C(=O)CCC(F)(F)F)N(C(=O)Nc1ccccn1)[C@H]1CCN2C1.C[C@@H](CC(=O)c1nc2c(cc1F)N1CC[C@@H](C1)N2C(=O)Nc1cc(OC[C@H](O)CO)ccn1)C(F)(F)F.O=C(CCC(F)(F)F)c1nc2c(cc1O)N1CC[C@@H](C1)N2C(=O)Nc1ccccn1. The number of ether oxygens (including phenoxy) is 3. The lowest BCUT2D eigenvalue weighted by Gasteiger charge is -2.36. The van der Waals surface area contributed by atoms with E-state index in [9.17, 15) is 106 Å². The van der Waals surface area contributed by atoms with Gasteiger partial charge in [-0.15, -0.1) is 0 Å². The van der Waals surface area contributed by atoms with Crippen LogP contribution < -0.4 is 74.7 Å². The lowest BCUT2D eigenvalue weighted by molar-refractivity contribution is -0.168. The van der Waals surface area contributed by atoms with Crippen molar-refractivity contribution in [3.63, 3.8) is 0 Å². The van der Waals surface area contributed by atoms with Crippen molar-refractivity contribution in [2.45, 2.75) is 133 Å². The molecule has 8 aliphatic rings. The van der Waals surface area contributed by atoms with E-state index in [4.69, 9.17) is 19.3 Å². The van der Waals surface area contributed by atoms with Crippen LogP contribution in [0.4, 0.5) is 146 Å². The van der Waals surface area contributed by atoms with Crippen molar-refractivity contribution in [3.05, 3.63) is 144 Å². The third kappa shape index (κ3) is 22.1. The molecule has 0 unspecified atom stereocenters. The molecule has 8 aromatic heterocycles. The zero-order chi connectivity index (χ0) is 92.7. The maximum Gasteiger partial charge on any atom is 0.391 e. The van der Waals surface area contributed by atoms with Crippen LogP contribution in [0, 0.1) is 11.7 Å². The topological polar surface area (TPSA) is 402 Å². The molecule has 47 heteroatoms. The highest BCUT2D eigenvalue weighted by Crippen LogP contribution is 2.49. The number of methoxy groups -OCH3 is 2. The number of hydrogen-bond donors (Lipinski definition) is 7. The molecule has 0 aromatic carbocycles. The number of alkyl halides is 12. The molecule has 686 valence electrons. The van der Waals surface area contributed by atoms with Gasteiger partial charge in [-0.3, -0.25) is 60.0 Å². The number of pyridine rings is 8. The van der Waals surface area contributed by atoms with Crippen molar-refractivity contribution in [1.82, 2.24) is 39.9 Å². The molecular formula is C82H83F13N20O14.